The number of nitrogens with two attached hydrogens (primary N) is 1. The standard InChI is InChI=1S/C12H8ClFN2O/c13-11-10(14)8(5-6-16-11)7-3-1-2-4-9(7)12(15)17/h1-6H,(H2,15,17). The summed E-state index contributed by atoms with van der Waals surface area (Å²) < 4.78 is 13.8. The van der Waals surface area contributed by atoms with Crippen LogP contribution >= 0.6 is 11.6 Å². The summed E-state index contributed by atoms with van der Waals surface area (Å²) in [6.45, 7) is 0. The highest BCUT2D eigenvalue weighted by molar-refractivity contribution is 6.29. The lowest BCUT2D eigenvalue weighted by molar-refractivity contribution is 0.100. The van der Waals surface area contributed by atoms with Crippen LogP contribution in [-0.2, 0) is 0 Å². The lowest BCUT2D eigenvalue weighted by Crippen LogP contribution is -2.12. The molecule has 17 heavy (non-hydrogen) atoms. The molecule has 86 valence electrons. The molecule has 0 spiro atoms. The van der Waals surface area contributed by atoms with Crippen molar-refractivity contribution in [2.45, 2.75) is 0 Å². The van der Waals surface area contributed by atoms with E-state index in [1.54, 1.807) is 18.2 Å². The Morgan fingerprint density at radius 1 is 1.24 bits per heavy atom. The smallest absolute Gasteiger partial charge is 0.249 e. The summed E-state index contributed by atoms with van der Waals surface area (Å²) in [6.07, 6.45) is 1.37. The summed E-state index contributed by atoms with van der Waals surface area (Å²) >= 11 is 5.59. The molecule has 0 fully saturated rings. The van der Waals surface area contributed by atoms with Crippen LogP contribution in [0.2, 0.25) is 5.15 Å². The number of primary amides is 1. The zero-order valence-electron chi connectivity index (χ0n) is 8.65. The molecule has 0 aliphatic heterocycles. The van der Waals surface area contributed by atoms with Gasteiger partial charge in [0.15, 0.2) is 11.0 Å². The second-order valence-electron chi connectivity index (χ2n) is 3.37. The van der Waals surface area contributed by atoms with Gasteiger partial charge in [0.05, 0.1) is 0 Å². The molecule has 1 aromatic carbocycles. The summed E-state index contributed by atoms with van der Waals surface area (Å²) in [5, 5.41) is -0.234. The van der Waals surface area contributed by atoms with E-state index in [0.717, 1.165) is 0 Å². The summed E-state index contributed by atoms with van der Waals surface area (Å²) in [5.41, 5.74) is 6.09. The van der Waals surface area contributed by atoms with Gasteiger partial charge < -0.3 is 5.73 Å². The Bertz CT molecular complexity index is 586. The van der Waals surface area contributed by atoms with Crippen LogP contribution in [0.4, 0.5) is 4.39 Å². The molecule has 0 aliphatic rings. The third-order valence-corrected chi connectivity index (χ3v) is 2.59. The molecular weight excluding hydrogens is 243 g/mol. The first-order valence-corrected chi connectivity index (χ1v) is 5.18. The highest BCUT2D eigenvalue weighted by atomic mass is 35.5. The van der Waals surface area contributed by atoms with Crippen molar-refractivity contribution in [1.29, 1.82) is 0 Å². The van der Waals surface area contributed by atoms with Crippen molar-refractivity contribution in [3.63, 3.8) is 0 Å². The van der Waals surface area contributed by atoms with E-state index in [4.69, 9.17) is 17.3 Å². The Balaban J connectivity index is 2.69. The van der Waals surface area contributed by atoms with Gasteiger partial charge in [0.1, 0.15) is 0 Å². The van der Waals surface area contributed by atoms with Crippen LogP contribution in [0.25, 0.3) is 11.1 Å². The first kappa shape index (κ1) is 11.5. The topological polar surface area (TPSA) is 56.0 Å². The van der Waals surface area contributed by atoms with E-state index in [1.807, 2.05) is 0 Å². The molecule has 0 unspecified atom stereocenters. The summed E-state index contributed by atoms with van der Waals surface area (Å²) in [4.78, 5) is 14.9. The molecule has 0 radical (unpaired) electrons. The third-order valence-electron chi connectivity index (χ3n) is 2.33. The van der Waals surface area contributed by atoms with Crippen LogP contribution < -0.4 is 5.73 Å². The zero-order valence-corrected chi connectivity index (χ0v) is 9.41. The number of carbonyl (C=O) groups excluding carboxylic acids is 1. The van der Waals surface area contributed by atoms with Crippen molar-refractivity contribution in [1.82, 2.24) is 4.98 Å². The van der Waals surface area contributed by atoms with E-state index < -0.39 is 11.7 Å². The number of hydrogen-bond acceptors (Lipinski definition) is 2. The second kappa shape index (κ2) is 4.51. The van der Waals surface area contributed by atoms with Crippen LogP contribution in [0.3, 0.4) is 0 Å². The normalized spacial score (nSPS) is 10.2. The van der Waals surface area contributed by atoms with Crippen molar-refractivity contribution in [3.05, 3.63) is 53.1 Å². The largest absolute Gasteiger partial charge is 0.366 e. The van der Waals surface area contributed by atoms with Crippen LogP contribution in [-0.4, -0.2) is 10.9 Å². The van der Waals surface area contributed by atoms with Crippen LogP contribution in [0.15, 0.2) is 36.5 Å². The van der Waals surface area contributed by atoms with Crippen molar-refractivity contribution < 1.29 is 9.18 Å². The maximum atomic E-state index is 13.8. The Kier molecular flexibility index (Phi) is 3.06. The van der Waals surface area contributed by atoms with Gasteiger partial charge in [-0.3, -0.25) is 4.79 Å². The number of hydrogen-bond donors (Lipinski definition) is 1. The molecule has 0 saturated carbocycles. The van der Waals surface area contributed by atoms with Gasteiger partial charge in [0.25, 0.3) is 0 Å². The van der Waals surface area contributed by atoms with Crippen molar-refractivity contribution in [3.8, 4) is 11.1 Å². The minimum Gasteiger partial charge on any atom is -0.366 e. The molecule has 0 saturated heterocycles. The van der Waals surface area contributed by atoms with E-state index >= 15 is 0 Å². The number of aromatic nitrogens is 1. The molecule has 0 atom stereocenters. The maximum absolute atomic E-state index is 13.8. The second-order valence-corrected chi connectivity index (χ2v) is 3.73. The molecule has 2 N–H and O–H groups in total. The average molecular weight is 251 g/mol. The molecule has 2 aromatic rings. The first-order valence-electron chi connectivity index (χ1n) is 4.80. The van der Waals surface area contributed by atoms with Gasteiger partial charge in [0.2, 0.25) is 5.91 Å². The number of nitrogens with zero attached hydrogens (tertiary/aromatic N) is 1. The first-order chi connectivity index (χ1) is 8.11. The Morgan fingerprint density at radius 2 is 1.94 bits per heavy atom. The van der Waals surface area contributed by atoms with E-state index in [0.29, 0.717) is 5.56 Å². The quantitative estimate of drug-likeness (QED) is 0.833. The lowest BCUT2D eigenvalue weighted by atomic mass is 10.00. The summed E-state index contributed by atoms with van der Waals surface area (Å²) in [6, 6.07) is 7.93. The maximum Gasteiger partial charge on any atom is 0.249 e. The fourth-order valence-electron chi connectivity index (χ4n) is 1.56. The lowest BCUT2D eigenvalue weighted by Gasteiger charge is -2.07. The molecular formula is C12H8ClFN2O. The van der Waals surface area contributed by atoms with E-state index in [1.165, 1.54) is 18.3 Å². The Labute approximate surface area is 102 Å². The fourth-order valence-corrected chi connectivity index (χ4v) is 1.72. The highest BCUT2D eigenvalue weighted by Crippen LogP contribution is 2.28. The van der Waals surface area contributed by atoms with Crippen LogP contribution in [0.5, 0.6) is 0 Å². The van der Waals surface area contributed by atoms with E-state index in [2.05, 4.69) is 4.98 Å². The van der Waals surface area contributed by atoms with Gasteiger partial charge in [-0.25, -0.2) is 9.37 Å². The SMILES string of the molecule is NC(=O)c1ccccc1-c1ccnc(Cl)c1F. The van der Waals surface area contributed by atoms with Crippen LogP contribution in [0.1, 0.15) is 10.4 Å². The van der Waals surface area contributed by atoms with Gasteiger partial charge in [-0.05, 0) is 17.7 Å². The minimum absolute atomic E-state index is 0.208. The van der Waals surface area contributed by atoms with Crippen molar-refractivity contribution >= 4 is 17.5 Å². The number of amides is 1. The van der Waals surface area contributed by atoms with Gasteiger partial charge in [-0.1, -0.05) is 29.8 Å². The van der Waals surface area contributed by atoms with Gasteiger partial charge in [-0.2, -0.15) is 0 Å². The number of pyridine rings is 1. The average Bonchev–Trinajstić information content (AvgIpc) is 2.33. The van der Waals surface area contributed by atoms with Gasteiger partial charge >= 0.3 is 0 Å². The molecule has 2 rings (SSSR count). The van der Waals surface area contributed by atoms with Gasteiger partial charge in [-0.15, -0.1) is 0 Å². The molecule has 3 nitrogen and oxygen atoms in total. The molecule has 1 aromatic heterocycles. The zero-order chi connectivity index (χ0) is 12.4. The molecule has 0 bridgehead atoms. The molecule has 5 heteroatoms. The number of carbonyl (C=O) groups is 1. The highest BCUT2D eigenvalue weighted by Gasteiger charge is 2.14. The minimum atomic E-state index is -0.664. The third kappa shape index (κ3) is 2.12. The van der Waals surface area contributed by atoms with Crippen LogP contribution in [0, 0.1) is 5.82 Å². The molecule has 1 heterocycles. The number of rotatable bonds is 2. The van der Waals surface area contributed by atoms with E-state index in [-0.39, 0.29) is 16.3 Å². The summed E-state index contributed by atoms with van der Waals surface area (Å²) in [7, 11) is 0. The predicted molar refractivity (Wildman–Crippen MR) is 63.2 cm³/mol. The number of halogens is 2. The fraction of sp³-hybridized carbons (Fsp3) is 0. The predicted octanol–water partition coefficient (Wildman–Crippen LogP) is 2.64. The Hall–Kier alpha value is -1.94. The summed E-state index contributed by atoms with van der Waals surface area (Å²) in [5.74, 6) is -1.28. The number of benzene rings is 1. The van der Waals surface area contributed by atoms with Gasteiger partial charge in [0, 0.05) is 17.3 Å². The van der Waals surface area contributed by atoms with Crippen molar-refractivity contribution in [2.75, 3.05) is 0 Å². The van der Waals surface area contributed by atoms with E-state index in [9.17, 15) is 9.18 Å². The monoisotopic (exact) mass is 250 g/mol. The molecule has 0 aliphatic carbocycles. The Morgan fingerprint density at radius 3 is 2.65 bits per heavy atom. The molecule has 1 amide bonds. The van der Waals surface area contributed by atoms with Crippen molar-refractivity contribution in [2.24, 2.45) is 5.73 Å².